The van der Waals surface area contributed by atoms with Gasteiger partial charge in [0.2, 0.25) is 5.88 Å². The molecule has 1 aromatic carbocycles. The van der Waals surface area contributed by atoms with Crippen molar-refractivity contribution in [3.8, 4) is 5.88 Å². The molecule has 0 unspecified atom stereocenters. The Morgan fingerprint density at radius 3 is 3.00 bits per heavy atom. The van der Waals surface area contributed by atoms with Gasteiger partial charge in [0, 0.05) is 0 Å². The first-order valence-corrected chi connectivity index (χ1v) is 4.80. The topological polar surface area (TPSA) is 61.3 Å². The van der Waals surface area contributed by atoms with E-state index in [0.29, 0.717) is 10.9 Å². The summed E-state index contributed by atoms with van der Waals surface area (Å²) in [6.45, 7) is -0.279. The second-order valence-corrected chi connectivity index (χ2v) is 3.21. The summed E-state index contributed by atoms with van der Waals surface area (Å²) in [5.74, 6) is -0.803. The highest BCUT2D eigenvalue weighted by Crippen LogP contribution is 2.21. The van der Waals surface area contributed by atoms with Crippen LogP contribution in [-0.4, -0.2) is 29.7 Å². The molecule has 0 spiro atoms. The molecule has 0 bridgehead atoms. The number of hydrogen-bond donors (Lipinski definition) is 0. The predicted octanol–water partition coefficient (Wildman–Crippen LogP) is 1.32. The van der Waals surface area contributed by atoms with Crippen LogP contribution < -0.4 is 4.74 Å². The van der Waals surface area contributed by atoms with Crippen LogP contribution in [0.1, 0.15) is 0 Å². The zero-order chi connectivity index (χ0) is 12.3. The molecule has 0 atom stereocenters. The van der Waals surface area contributed by atoms with E-state index < -0.39 is 11.8 Å². The molecule has 1 aromatic heterocycles. The van der Waals surface area contributed by atoms with Gasteiger partial charge in [-0.2, -0.15) is 0 Å². The summed E-state index contributed by atoms with van der Waals surface area (Å²) in [5.41, 5.74) is 0.543. The summed E-state index contributed by atoms with van der Waals surface area (Å²) in [6, 6.07) is 4.05. The molecule has 0 amide bonds. The molecule has 0 aliphatic heterocycles. The van der Waals surface area contributed by atoms with Crippen molar-refractivity contribution in [3.63, 3.8) is 0 Å². The first-order chi connectivity index (χ1) is 8.20. The van der Waals surface area contributed by atoms with Crippen molar-refractivity contribution in [2.45, 2.75) is 0 Å². The number of ether oxygens (including phenoxy) is 2. The van der Waals surface area contributed by atoms with Gasteiger partial charge in [-0.1, -0.05) is 0 Å². The van der Waals surface area contributed by atoms with Crippen LogP contribution >= 0.6 is 0 Å². The van der Waals surface area contributed by atoms with Crippen molar-refractivity contribution >= 4 is 16.9 Å². The van der Waals surface area contributed by atoms with Crippen LogP contribution in [0.3, 0.4) is 0 Å². The van der Waals surface area contributed by atoms with Crippen molar-refractivity contribution in [2.24, 2.45) is 0 Å². The normalized spacial score (nSPS) is 10.2. The average Bonchev–Trinajstić information content (AvgIpc) is 2.35. The number of esters is 1. The van der Waals surface area contributed by atoms with E-state index in [2.05, 4.69) is 14.7 Å². The Labute approximate surface area is 96.2 Å². The fourth-order valence-corrected chi connectivity index (χ4v) is 1.31. The van der Waals surface area contributed by atoms with E-state index in [1.807, 2.05) is 0 Å². The summed E-state index contributed by atoms with van der Waals surface area (Å²) in [6.07, 6.45) is 1.28. The van der Waals surface area contributed by atoms with E-state index in [4.69, 9.17) is 4.74 Å². The largest absolute Gasteiger partial charge is 0.466 e. The summed E-state index contributed by atoms with van der Waals surface area (Å²) in [5, 5.41) is 0.413. The fourth-order valence-electron chi connectivity index (χ4n) is 1.31. The minimum Gasteiger partial charge on any atom is -0.466 e. The number of methoxy groups -OCH3 is 1. The van der Waals surface area contributed by atoms with Crippen molar-refractivity contribution in [1.82, 2.24) is 9.97 Å². The number of benzene rings is 1. The number of fused-ring (bicyclic) bond motifs is 1. The second kappa shape index (κ2) is 4.73. The molecule has 88 valence electrons. The molecule has 0 N–H and O–H groups in total. The van der Waals surface area contributed by atoms with Crippen LogP contribution in [0.15, 0.2) is 24.5 Å². The van der Waals surface area contributed by atoms with Gasteiger partial charge in [-0.15, -0.1) is 0 Å². The van der Waals surface area contributed by atoms with Gasteiger partial charge < -0.3 is 9.47 Å². The van der Waals surface area contributed by atoms with Crippen LogP contribution in [-0.2, 0) is 9.53 Å². The van der Waals surface area contributed by atoms with Crippen LogP contribution in [0.5, 0.6) is 5.88 Å². The molecule has 0 radical (unpaired) electrons. The zero-order valence-electron chi connectivity index (χ0n) is 9.01. The molecule has 5 nitrogen and oxygen atoms in total. The minimum absolute atomic E-state index is 0.153. The molecule has 1 heterocycles. The Hall–Kier alpha value is -2.24. The van der Waals surface area contributed by atoms with Crippen molar-refractivity contribution in [3.05, 3.63) is 30.3 Å². The maximum Gasteiger partial charge on any atom is 0.343 e. The minimum atomic E-state index is -0.534. The van der Waals surface area contributed by atoms with Gasteiger partial charge in [0.15, 0.2) is 6.61 Å². The number of carbonyl (C=O) groups is 1. The first kappa shape index (κ1) is 11.3. The summed E-state index contributed by atoms with van der Waals surface area (Å²) >= 11 is 0. The Kier molecular flexibility index (Phi) is 3.13. The van der Waals surface area contributed by atoms with Crippen molar-refractivity contribution < 1.29 is 18.7 Å². The zero-order valence-corrected chi connectivity index (χ0v) is 9.01. The summed E-state index contributed by atoms with van der Waals surface area (Å²) in [7, 11) is 1.25. The lowest BCUT2D eigenvalue weighted by molar-refractivity contribution is -0.142. The SMILES string of the molecule is COC(=O)COc1ncnc2ccc(F)cc12. The third kappa shape index (κ3) is 2.47. The first-order valence-electron chi connectivity index (χ1n) is 4.80. The van der Waals surface area contributed by atoms with E-state index in [0.717, 1.165) is 0 Å². The van der Waals surface area contributed by atoms with Gasteiger partial charge in [-0.05, 0) is 18.2 Å². The van der Waals surface area contributed by atoms with E-state index in [1.54, 1.807) is 0 Å². The molecular formula is C11H9FN2O3. The second-order valence-electron chi connectivity index (χ2n) is 3.21. The number of hydrogen-bond acceptors (Lipinski definition) is 5. The van der Waals surface area contributed by atoms with Gasteiger partial charge in [-0.3, -0.25) is 0 Å². The Bertz CT molecular complexity index is 559. The molecule has 0 fully saturated rings. The van der Waals surface area contributed by atoms with Gasteiger partial charge in [-0.25, -0.2) is 19.2 Å². The van der Waals surface area contributed by atoms with Crippen LogP contribution in [0.2, 0.25) is 0 Å². The van der Waals surface area contributed by atoms with Crippen LogP contribution in [0, 0.1) is 5.82 Å². The lowest BCUT2D eigenvalue weighted by Gasteiger charge is -2.06. The van der Waals surface area contributed by atoms with Crippen LogP contribution in [0.4, 0.5) is 4.39 Å². The highest BCUT2D eigenvalue weighted by molar-refractivity contribution is 5.83. The van der Waals surface area contributed by atoms with E-state index >= 15 is 0 Å². The molecular weight excluding hydrogens is 227 g/mol. The molecule has 0 saturated carbocycles. The number of carbonyl (C=O) groups excluding carboxylic acids is 1. The highest BCUT2D eigenvalue weighted by atomic mass is 19.1. The number of nitrogens with zero attached hydrogens (tertiary/aromatic N) is 2. The lowest BCUT2D eigenvalue weighted by atomic mass is 10.2. The van der Waals surface area contributed by atoms with E-state index in [9.17, 15) is 9.18 Å². The summed E-state index contributed by atoms with van der Waals surface area (Å²) < 4.78 is 22.6. The molecule has 6 heteroatoms. The molecule has 0 saturated heterocycles. The third-order valence-electron chi connectivity index (χ3n) is 2.12. The predicted molar refractivity (Wildman–Crippen MR) is 57.0 cm³/mol. The van der Waals surface area contributed by atoms with Gasteiger partial charge >= 0.3 is 5.97 Å². The molecule has 17 heavy (non-hydrogen) atoms. The van der Waals surface area contributed by atoms with Crippen molar-refractivity contribution in [2.75, 3.05) is 13.7 Å². The van der Waals surface area contributed by atoms with Crippen LogP contribution in [0.25, 0.3) is 10.9 Å². The monoisotopic (exact) mass is 236 g/mol. The summed E-state index contributed by atoms with van der Waals surface area (Å²) in [4.78, 5) is 18.7. The molecule has 2 rings (SSSR count). The quantitative estimate of drug-likeness (QED) is 0.752. The maximum absolute atomic E-state index is 13.1. The van der Waals surface area contributed by atoms with Crippen molar-refractivity contribution in [1.29, 1.82) is 0 Å². The molecule has 0 aliphatic rings. The maximum atomic E-state index is 13.1. The van der Waals surface area contributed by atoms with E-state index in [1.165, 1.54) is 31.6 Å². The molecule has 0 aliphatic carbocycles. The van der Waals surface area contributed by atoms with Gasteiger partial charge in [0.25, 0.3) is 0 Å². The lowest BCUT2D eigenvalue weighted by Crippen LogP contribution is -2.13. The smallest absolute Gasteiger partial charge is 0.343 e. The average molecular weight is 236 g/mol. The Morgan fingerprint density at radius 1 is 1.41 bits per heavy atom. The molecule has 2 aromatic rings. The fraction of sp³-hybridized carbons (Fsp3) is 0.182. The van der Waals surface area contributed by atoms with Gasteiger partial charge in [0.1, 0.15) is 12.1 Å². The number of rotatable bonds is 3. The number of aromatic nitrogens is 2. The third-order valence-corrected chi connectivity index (χ3v) is 2.12. The van der Waals surface area contributed by atoms with Gasteiger partial charge in [0.05, 0.1) is 18.0 Å². The van der Waals surface area contributed by atoms with E-state index in [-0.39, 0.29) is 12.5 Å². The number of halogens is 1. The Morgan fingerprint density at radius 2 is 2.24 bits per heavy atom. The Balaban J connectivity index is 2.33. The highest BCUT2D eigenvalue weighted by Gasteiger charge is 2.08. The standard InChI is InChI=1S/C11H9FN2O3/c1-16-10(15)5-17-11-8-4-7(12)2-3-9(8)13-6-14-11/h2-4,6H,5H2,1H3.